The van der Waals surface area contributed by atoms with Gasteiger partial charge in [0.15, 0.2) is 5.58 Å². The first kappa shape index (κ1) is 29.0. The first-order chi connectivity index (χ1) is 26.3. The van der Waals surface area contributed by atoms with Crippen LogP contribution in [0.4, 0.5) is 0 Å². The van der Waals surface area contributed by atoms with Crippen molar-refractivity contribution in [3.8, 4) is 21.8 Å². The molecule has 0 atom stereocenters. The molecule has 6 aromatic heterocycles. The van der Waals surface area contributed by atoms with Crippen LogP contribution in [0.1, 0.15) is 11.3 Å². The van der Waals surface area contributed by atoms with Crippen LogP contribution in [0.5, 0.6) is 0 Å². The van der Waals surface area contributed by atoms with Gasteiger partial charge < -0.3 is 18.0 Å². The van der Waals surface area contributed by atoms with E-state index in [0.717, 1.165) is 51.6 Å². The van der Waals surface area contributed by atoms with Crippen molar-refractivity contribution in [2.45, 2.75) is 12.8 Å². The topological polar surface area (TPSA) is 49.0 Å². The number of hydrogen-bond acceptors (Lipinski definition) is 4. The van der Waals surface area contributed by atoms with Gasteiger partial charge >= 0.3 is 0 Å². The summed E-state index contributed by atoms with van der Waals surface area (Å²) in [5.74, 6) is 0. The van der Waals surface area contributed by atoms with Gasteiger partial charge in [-0.05, 0) is 103 Å². The van der Waals surface area contributed by atoms with Gasteiger partial charge in [0.2, 0.25) is 0 Å². The van der Waals surface area contributed by atoms with E-state index in [1.165, 1.54) is 70.2 Å². The van der Waals surface area contributed by atoms with Crippen molar-refractivity contribution < 1.29 is 8.83 Å². The minimum absolute atomic E-state index is 0.735. The summed E-state index contributed by atoms with van der Waals surface area (Å²) in [6.45, 7) is 0. The van der Waals surface area contributed by atoms with Crippen LogP contribution in [0.25, 0.3) is 97.6 Å². The summed E-state index contributed by atoms with van der Waals surface area (Å²) < 4.78 is 18.4. The van der Waals surface area contributed by atoms with Crippen LogP contribution >= 0.6 is 11.3 Å². The maximum atomic E-state index is 6.21. The predicted molar refractivity (Wildman–Crippen MR) is 218 cm³/mol. The Morgan fingerprint density at radius 1 is 0.547 bits per heavy atom. The summed E-state index contributed by atoms with van der Waals surface area (Å²) in [7, 11) is 0. The average Bonchev–Trinajstić information content (AvgIpc) is 3.96. The SMILES string of the molecule is c1coc2cccnc2ccc(-n2c3ccccc3c3c4sc5c(c4ccc32)CCc2c-5c3ccccc3n2-c2ccc3oc4ccccc4c3c2)c1. The average molecular weight is 700 g/mol. The van der Waals surface area contributed by atoms with E-state index in [9.17, 15) is 0 Å². The molecule has 0 fully saturated rings. The van der Waals surface area contributed by atoms with E-state index in [-0.39, 0.29) is 0 Å². The van der Waals surface area contributed by atoms with Crippen LogP contribution in [0.2, 0.25) is 0 Å². The van der Waals surface area contributed by atoms with Crippen molar-refractivity contribution in [1.82, 2.24) is 14.1 Å². The number of pyridine rings is 1. The third-order valence-electron chi connectivity index (χ3n) is 11.0. The Balaban J connectivity index is 1.11. The number of nitrogens with zero attached hydrogens (tertiary/aromatic N) is 3. The number of para-hydroxylation sites is 3. The molecule has 6 heterocycles. The summed E-state index contributed by atoms with van der Waals surface area (Å²) in [5.41, 5.74) is 13.4. The quantitative estimate of drug-likeness (QED) is 0.180. The summed E-state index contributed by atoms with van der Waals surface area (Å²) in [6.07, 6.45) is 5.49. The number of benzene rings is 5. The highest BCUT2D eigenvalue weighted by Crippen LogP contribution is 2.51. The van der Waals surface area contributed by atoms with Gasteiger partial charge in [0.1, 0.15) is 16.7 Å². The highest BCUT2D eigenvalue weighted by Gasteiger charge is 2.29. The first-order valence-electron chi connectivity index (χ1n) is 18.0. The lowest BCUT2D eigenvalue weighted by atomic mass is 9.92. The van der Waals surface area contributed by atoms with Gasteiger partial charge in [0.05, 0.1) is 22.8 Å². The van der Waals surface area contributed by atoms with Crippen LogP contribution in [0.3, 0.4) is 0 Å². The maximum Gasteiger partial charge on any atom is 0.152 e. The highest BCUT2D eigenvalue weighted by molar-refractivity contribution is 7.23. The Morgan fingerprint density at radius 3 is 2.25 bits per heavy atom. The second-order valence-corrected chi connectivity index (χ2v) is 14.8. The van der Waals surface area contributed by atoms with Crippen molar-refractivity contribution in [1.29, 1.82) is 0 Å². The monoisotopic (exact) mass is 699 g/mol. The first-order valence-corrected chi connectivity index (χ1v) is 18.8. The molecule has 53 heavy (non-hydrogen) atoms. The molecule has 5 aromatic carbocycles. The molecule has 0 unspecified atom stereocenters. The lowest BCUT2D eigenvalue weighted by Crippen LogP contribution is -2.06. The van der Waals surface area contributed by atoms with Crippen LogP contribution in [0.15, 0.2) is 161 Å². The molecule has 0 aliphatic heterocycles. The molecule has 12 rings (SSSR count). The molecular formula is C47H29N3O2S. The molecule has 11 aromatic rings. The van der Waals surface area contributed by atoms with Crippen molar-refractivity contribution in [2.24, 2.45) is 0 Å². The molecule has 0 radical (unpaired) electrons. The molecule has 1 aliphatic carbocycles. The van der Waals surface area contributed by atoms with Gasteiger partial charge in [0.25, 0.3) is 0 Å². The minimum atomic E-state index is 0.735. The number of fused-ring (bicyclic) bond motifs is 15. The molecule has 0 amide bonds. The molecule has 0 bridgehead atoms. The number of furan rings is 1. The fourth-order valence-electron chi connectivity index (χ4n) is 8.81. The number of rotatable bonds is 2. The van der Waals surface area contributed by atoms with Gasteiger partial charge in [0, 0.05) is 65.3 Å². The Labute approximate surface area is 306 Å². The van der Waals surface area contributed by atoms with E-state index in [4.69, 9.17) is 8.83 Å². The number of aromatic nitrogens is 3. The van der Waals surface area contributed by atoms with Crippen molar-refractivity contribution >= 4 is 87.2 Å². The van der Waals surface area contributed by atoms with Crippen LogP contribution in [-0.4, -0.2) is 14.1 Å². The zero-order valence-corrected chi connectivity index (χ0v) is 29.2. The van der Waals surface area contributed by atoms with Crippen LogP contribution in [0, 0.1) is 0 Å². The molecule has 0 N–H and O–H groups in total. The van der Waals surface area contributed by atoms with Gasteiger partial charge in [-0.25, -0.2) is 0 Å². The van der Waals surface area contributed by atoms with E-state index >= 15 is 0 Å². The Hall–Kier alpha value is -6.63. The summed E-state index contributed by atoms with van der Waals surface area (Å²) in [4.78, 5) is 5.97. The zero-order chi connectivity index (χ0) is 34.6. The smallest absolute Gasteiger partial charge is 0.152 e. The third kappa shape index (κ3) is 4.09. The van der Waals surface area contributed by atoms with E-state index in [1.807, 2.05) is 41.7 Å². The Kier molecular flexibility index (Phi) is 5.98. The molecule has 0 spiro atoms. The second-order valence-electron chi connectivity index (χ2n) is 13.8. The van der Waals surface area contributed by atoms with Gasteiger partial charge in [-0.3, -0.25) is 4.98 Å². The molecular weight excluding hydrogens is 671 g/mol. The Bertz CT molecular complexity index is 3370. The highest BCUT2D eigenvalue weighted by atomic mass is 32.1. The normalized spacial score (nSPS) is 12.8. The molecule has 250 valence electrons. The molecule has 6 heteroatoms. The Morgan fingerprint density at radius 2 is 1.32 bits per heavy atom. The van der Waals surface area contributed by atoms with E-state index in [1.54, 1.807) is 12.5 Å². The van der Waals surface area contributed by atoms with Crippen molar-refractivity contribution in [3.05, 3.63) is 163 Å². The maximum absolute atomic E-state index is 6.21. The van der Waals surface area contributed by atoms with Crippen molar-refractivity contribution in [3.63, 3.8) is 0 Å². The summed E-state index contributed by atoms with van der Waals surface area (Å²) >= 11 is 1.95. The standard InChI is InChI=1S/C47H29N3O2S/c1-4-13-37-33(11-1)44-39(49(37)28-9-8-26-51-43-16-7-25-48-36(43)21-17-28)22-19-31-32-20-23-40-45(47(32)53-46(31)44)34-12-2-5-14-38(34)50(40)29-18-24-42-35(27-29)30-10-3-6-15-41(30)52-42/h1-19,21-22,24-27H,20,23H2. The largest absolute Gasteiger partial charge is 0.463 e. The van der Waals surface area contributed by atoms with Gasteiger partial charge in [-0.2, -0.15) is 0 Å². The zero-order valence-electron chi connectivity index (χ0n) is 28.4. The van der Waals surface area contributed by atoms with E-state index in [0.29, 0.717) is 0 Å². The second kappa shape index (κ2) is 10.9. The minimum Gasteiger partial charge on any atom is -0.463 e. The van der Waals surface area contributed by atoms with Crippen LogP contribution < -0.4 is 0 Å². The number of hydrogen-bond donors (Lipinski definition) is 0. The molecule has 1 aliphatic rings. The van der Waals surface area contributed by atoms with Gasteiger partial charge in [-0.1, -0.05) is 60.7 Å². The van der Waals surface area contributed by atoms with Gasteiger partial charge in [-0.15, -0.1) is 11.3 Å². The fourth-order valence-corrected chi connectivity index (χ4v) is 10.3. The number of thiophene rings is 1. The lowest BCUT2D eigenvalue weighted by molar-refractivity contribution is 0.605. The molecule has 5 nitrogen and oxygen atoms in total. The van der Waals surface area contributed by atoms with Crippen molar-refractivity contribution in [2.75, 3.05) is 0 Å². The molecule has 0 saturated carbocycles. The molecule has 0 saturated heterocycles. The van der Waals surface area contributed by atoms with Crippen LogP contribution in [-0.2, 0) is 12.8 Å². The van der Waals surface area contributed by atoms with E-state index in [2.05, 4.69) is 123 Å². The predicted octanol–water partition coefficient (Wildman–Crippen LogP) is 12.9. The third-order valence-corrected chi connectivity index (χ3v) is 12.3. The summed E-state index contributed by atoms with van der Waals surface area (Å²) in [6, 6.07) is 49.5. The number of aryl methyl sites for hydroxylation is 1. The lowest BCUT2D eigenvalue weighted by Gasteiger charge is -2.17. The summed E-state index contributed by atoms with van der Waals surface area (Å²) in [5, 5.41) is 7.51. The fraction of sp³-hybridized carbons (Fsp3) is 0.0426. The van der Waals surface area contributed by atoms with E-state index < -0.39 is 0 Å².